The van der Waals surface area contributed by atoms with Crippen LogP contribution in [0.2, 0.25) is 5.15 Å². The average molecular weight is 364 g/mol. The van der Waals surface area contributed by atoms with Gasteiger partial charge < -0.3 is 4.74 Å². The van der Waals surface area contributed by atoms with Crippen LogP contribution in [0.1, 0.15) is 5.56 Å². The molecule has 0 aliphatic heterocycles. The van der Waals surface area contributed by atoms with E-state index in [-0.39, 0.29) is 0 Å². The third-order valence-electron chi connectivity index (χ3n) is 3.31. The zero-order chi connectivity index (χ0) is 15.0. The fraction of sp³-hybridized carbons (Fsp3) is 0.125. The van der Waals surface area contributed by atoms with Crippen LogP contribution in [0.3, 0.4) is 0 Å². The summed E-state index contributed by atoms with van der Waals surface area (Å²) in [6, 6.07) is 11.9. The monoisotopic (exact) mass is 362 g/mol. The minimum absolute atomic E-state index is 0.411. The zero-order valence-electron chi connectivity index (χ0n) is 11.5. The van der Waals surface area contributed by atoms with E-state index < -0.39 is 0 Å². The van der Waals surface area contributed by atoms with Crippen molar-refractivity contribution >= 4 is 38.3 Å². The van der Waals surface area contributed by atoms with E-state index in [9.17, 15) is 0 Å². The lowest BCUT2D eigenvalue weighted by molar-refractivity contribution is 0.416. The quantitative estimate of drug-likeness (QED) is 0.640. The fourth-order valence-electron chi connectivity index (χ4n) is 2.30. The van der Waals surface area contributed by atoms with E-state index in [1.54, 1.807) is 7.11 Å². The van der Waals surface area contributed by atoms with E-state index >= 15 is 0 Å². The van der Waals surface area contributed by atoms with Crippen LogP contribution in [0.4, 0.5) is 0 Å². The Balaban J connectivity index is 2.33. The molecule has 0 amide bonds. The van der Waals surface area contributed by atoms with Crippen LogP contribution < -0.4 is 4.74 Å². The molecule has 2 aromatic carbocycles. The molecule has 0 unspecified atom stereocenters. The molecular formula is C16H12BrClN2O. The molecule has 0 bridgehead atoms. The Bertz CT molecular complexity index is 836. The molecule has 0 saturated heterocycles. The van der Waals surface area contributed by atoms with Crippen molar-refractivity contribution in [1.29, 1.82) is 0 Å². The maximum absolute atomic E-state index is 6.17. The lowest BCUT2D eigenvalue weighted by Gasteiger charge is -2.11. The van der Waals surface area contributed by atoms with Gasteiger partial charge in [-0.3, -0.25) is 0 Å². The third kappa shape index (κ3) is 2.61. The molecule has 0 fully saturated rings. The standard InChI is InChI=1S/C16H12BrClN2O/c1-9-3-5-11-13(7-9)16(18)20-19-15(11)12-6-4-10(17)8-14(12)21-2/h3-8H,1-2H3. The van der Waals surface area contributed by atoms with Crippen LogP contribution in [0.5, 0.6) is 5.75 Å². The van der Waals surface area contributed by atoms with E-state index in [1.165, 1.54) is 0 Å². The lowest BCUT2D eigenvalue weighted by atomic mass is 10.0. The van der Waals surface area contributed by atoms with E-state index in [4.69, 9.17) is 16.3 Å². The summed E-state index contributed by atoms with van der Waals surface area (Å²) in [5.41, 5.74) is 2.78. The fourth-order valence-corrected chi connectivity index (χ4v) is 2.83. The number of halogens is 2. The van der Waals surface area contributed by atoms with Crippen molar-refractivity contribution in [2.45, 2.75) is 6.92 Å². The summed E-state index contributed by atoms with van der Waals surface area (Å²) >= 11 is 9.62. The maximum Gasteiger partial charge on any atom is 0.159 e. The lowest BCUT2D eigenvalue weighted by Crippen LogP contribution is -1.95. The number of ether oxygens (including phenoxy) is 1. The van der Waals surface area contributed by atoms with E-state index in [1.807, 2.05) is 43.3 Å². The molecule has 3 nitrogen and oxygen atoms in total. The van der Waals surface area contributed by atoms with Crippen LogP contribution in [0.15, 0.2) is 40.9 Å². The Hall–Kier alpha value is -1.65. The first kappa shape index (κ1) is 14.3. The molecule has 3 rings (SSSR count). The molecule has 5 heteroatoms. The normalized spacial score (nSPS) is 10.9. The molecule has 21 heavy (non-hydrogen) atoms. The van der Waals surface area contributed by atoms with Gasteiger partial charge in [0.05, 0.1) is 7.11 Å². The summed E-state index contributed by atoms with van der Waals surface area (Å²) < 4.78 is 6.40. The Morgan fingerprint density at radius 3 is 2.62 bits per heavy atom. The van der Waals surface area contributed by atoms with Crippen molar-refractivity contribution in [3.63, 3.8) is 0 Å². The van der Waals surface area contributed by atoms with Crippen molar-refractivity contribution in [3.05, 3.63) is 51.6 Å². The summed E-state index contributed by atoms with van der Waals surface area (Å²) in [6.45, 7) is 2.02. The highest BCUT2D eigenvalue weighted by Gasteiger charge is 2.14. The van der Waals surface area contributed by atoms with Crippen LogP contribution in [0, 0.1) is 6.92 Å². The number of rotatable bonds is 2. The summed E-state index contributed by atoms with van der Waals surface area (Å²) in [5.74, 6) is 0.739. The smallest absolute Gasteiger partial charge is 0.159 e. The Morgan fingerprint density at radius 2 is 1.86 bits per heavy atom. The number of methoxy groups -OCH3 is 1. The van der Waals surface area contributed by atoms with Gasteiger partial charge in [0.1, 0.15) is 11.4 Å². The second-order valence-corrected chi connectivity index (χ2v) is 6.01. The Kier molecular flexibility index (Phi) is 3.83. The summed E-state index contributed by atoms with van der Waals surface area (Å²) in [4.78, 5) is 0. The van der Waals surface area contributed by atoms with Gasteiger partial charge in [-0.05, 0) is 31.2 Å². The predicted molar refractivity (Wildman–Crippen MR) is 89.0 cm³/mol. The average Bonchev–Trinajstić information content (AvgIpc) is 2.48. The first-order valence-electron chi connectivity index (χ1n) is 6.36. The van der Waals surface area contributed by atoms with Crippen LogP contribution in [-0.4, -0.2) is 17.3 Å². The predicted octanol–water partition coefficient (Wildman–Crippen LogP) is 5.03. The van der Waals surface area contributed by atoms with Crippen molar-refractivity contribution in [3.8, 4) is 17.0 Å². The number of fused-ring (bicyclic) bond motifs is 1. The van der Waals surface area contributed by atoms with Gasteiger partial charge in [-0.15, -0.1) is 10.2 Å². The topological polar surface area (TPSA) is 35.0 Å². The summed E-state index contributed by atoms with van der Waals surface area (Å²) in [5, 5.41) is 10.6. The molecule has 0 saturated carbocycles. The number of benzene rings is 2. The molecule has 0 N–H and O–H groups in total. The molecule has 0 aliphatic carbocycles. The van der Waals surface area contributed by atoms with E-state index in [0.717, 1.165) is 37.8 Å². The van der Waals surface area contributed by atoms with Crippen LogP contribution in [0.25, 0.3) is 22.0 Å². The second-order valence-electron chi connectivity index (χ2n) is 4.73. The highest BCUT2D eigenvalue weighted by atomic mass is 79.9. The van der Waals surface area contributed by atoms with Crippen molar-refractivity contribution in [2.75, 3.05) is 7.11 Å². The third-order valence-corrected chi connectivity index (χ3v) is 4.08. The molecule has 1 heterocycles. The minimum Gasteiger partial charge on any atom is -0.496 e. The highest BCUT2D eigenvalue weighted by Crippen LogP contribution is 2.36. The van der Waals surface area contributed by atoms with E-state index in [2.05, 4.69) is 26.1 Å². The number of aromatic nitrogens is 2. The van der Waals surface area contributed by atoms with Crippen LogP contribution >= 0.6 is 27.5 Å². The molecular weight excluding hydrogens is 352 g/mol. The van der Waals surface area contributed by atoms with Gasteiger partial charge >= 0.3 is 0 Å². The van der Waals surface area contributed by atoms with E-state index in [0.29, 0.717) is 5.15 Å². The molecule has 0 aliphatic rings. The largest absolute Gasteiger partial charge is 0.496 e. The highest BCUT2D eigenvalue weighted by molar-refractivity contribution is 9.10. The Labute approximate surface area is 136 Å². The van der Waals surface area contributed by atoms with Gasteiger partial charge in [-0.2, -0.15) is 0 Å². The van der Waals surface area contributed by atoms with Crippen molar-refractivity contribution < 1.29 is 4.74 Å². The van der Waals surface area contributed by atoms with Gasteiger partial charge in [0.15, 0.2) is 5.15 Å². The number of hydrogen-bond acceptors (Lipinski definition) is 3. The molecule has 1 aromatic heterocycles. The second kappa shape index (κ2) is 5.62. The molecule has 0 atom stereocenters. The molecule has 0 spiro atoms. The zero-order valence-corrected chi connectivity index (χ0v) is 13.9. The van der Waals surface area contributed by atoms with Gasteiger partial charge in [0.25, 0.3) is 0 Å². The van der Waals surface area contributed by atoms with Crippen LogP contribution in [-0.2, 0) is 0 Å². The Morgan fingerprint density at radius 1 is 1.05 bits per heavy atom. The number of aryl methyl sites for hydroxylation is 1. The summed E-state index contributed by atoms with van der Waals surface area (Å²) in [6.07, 6.45) is 0. The van der Waals surface area contributed by atoms with Gasteiger partial charge in [0.2, 0.25) is 0 Å². The first-order valence-corrected chi connectivity index (χ1v) is 7.53. The van der Waals surface area contributed by atoms with Gasteiger partial charge in [0, 0.05) is 20.8 Å². The van der Waals surface area contributed by atoms with Gasteiger partial charge in [-0.1, -0.05) is 45.2 Å². The maximum atomic E-state index is 6.17. The number of nitrogens with zero attached hydrogens (tertiary/aromatic N) is 2. The van der Waals surface area contributed by atoms with Crippen molar-refractivity contribution in [2.24, 2.45) is 0 Å². The molecule has 106 valence electrons. The van der Waals surface area contributed by atoms with Gasteiger partial charge in [-0.25, -0.2) is 0 Å². The SMILES string of the molecule is COc1cc(Br)ccc1-c1nnc(Cl)c2cc(C)ccc12. The minimum atomic E-state index is 0.411. The first-order chi connectivity index (χ1) is 10.1. The number of hydrogen-bond donors (Lipinski definition) is 0. The summed E-state index contributed by atoms with van der Waals surface area (Å²) in [7, 11) is 1.64. The van der Waals surface area contributed by atoms with Crippen molar-refractivity contribution in [1.82, 2.24) is 10.2 Å². The molecule has 0 radical (unpaired) electrons. The molecule has 3 aromatic rings.